The lowest BCUT2D eigenvalue weighted by Crippen LogP contribution is -2.55. The number of carbonyl (C=O) groups is 3. The average molecular weight is 453 g/mol. The number of rotatable bonds is 5. The highest BCUT2D eigenvalue weighted by Crippen LogP contribution is 2.34. The van der Waals surface area contributed by atoms with Crippen LogP contribution in [-0.4, -0.2) is 57.1 Å². The molecule has 0 aromatic carbocycles. The molecule has 4 atom stereocenters. The van der Waals surface area contributed by atoms with Crippen LogP contribution >= 0.6 is 46.6 Å². The molecule has 0 saturated carbocycles. The second-order valence-electron chi connectivity index (χ2n) is 5.00. The predicted molar refractivity (Wildman–Crippen MR) is 93.1 cm³/mol. The Balaban J connectivity index is 2.99. The minimum atomic E-state index is -2.16. The Kier molecular flexibility index (Phi) is 8.74. The summed E-state index contributed by atoms with van der Waals surface area (Å²) in [5.74, 6) is -2.70. The van der Waals surface area contributed by atoms with Gasteiger partial charge in [0.1, 0.15) is 0 Å². The fourth-order valence-electron chi connectivity index (χ4n) is 1.93. The molecule has 1 N–H and O–H groups in total. The monoisotopic (exact) mass is 451 g/mol. The zero-order valence-corrected chi connectivity index (χ0v) is 16.9. The van der Waals surface area contributed by atoms with E-state index in [1.165, 1.54) is 6.92 Å². The van der Waals surface area contributed by atoms with Gasteiger partial charge in [-0.25, -0.2) is 0 Å². The van der Waals surface area contributed by atoms with E-state index >= 15 is 0 Å². The second kappa shape index (κ2) is 9.84. The maximum absolute atomic E-state index is 11.4. The fourth-order valence-corrected chi connectivity index (χ4v) is 3.16. The molecule has 0 aliphatic carbocycles. The summed E-state index contributed by atoms with van der Waals surface area (Å²) in [4.78, 5) is 43.8. The minimum Gasteiger partial charge on any atom is -0.458 e. The molecule has 1 fully saturated rings. The number of hydrogen-bond donors (Lipinski definition) is 1. The fraction of sp³-hybridized carbons (Fsp3) is 0.692. The van der Waals surface area contributed by atoms with Crippen molar-refractivity contribution in [1.29, 1.82) is 5.41 Å². The van der Waals surface area contributed by atoms with Crippen LogP contribution in [0.4, 0.5) is 0 Å². The Labute approximate surface area is 168 Å². The first kappa shape index (κ1) is 23.1. The molecule has 0 aromatic rings. The molecule has 1 aliphatic rings. The number of esters is 3. The molecule has 13 heteroatoms. The van der Waals surface area contributed by atoms with E-state index in [2.05, 4.69) is 4.89 Å². The van der Waals surface area contributed by atoms with Crippen molar-refractivity contribution in [2.24, 2.45) is 0 Å². The van der Waals surface area contributed by atoms with Gasteiger partial charge in [-0.15, -0.1) is 11.8 Å². The number of carbonyl (C=O) groups excluding carboxylic acids is 3. The van der Waals surface area contributed by atoms with Crippen LogP contribution in [0, 0.1) is 5.41 Å². The molecule has 1 rings (SSSR count). The highest BCUT2D eigenvalue weighted by Gasteiger charge is 2.48. The Morgan fingerprint density at radius 2 is 1.46 bits per heavy atom. The third kappa shape index (κ3) is 7.36. The van der Waals surface area contributed by atoms with Crippen molar-refractivity contribution in [2.75, 3.05) is 5.75 Å². The van der Waals surface area contributed by atoms with Gasteiger partial charge in [0, 0.05) is 26.5 Å². The van der Waals surface area contributed by atoms with Gasteiger partial charge in [-0.2, -0.15) is 4.89 Å². The standard InChI is InChI=1S/C13H16Cl3NO8S/c1-5(18)21-8-4-26-11(24-25-12(17)13(14,15)16)10(23-7(3)20)9(8)22-6(2)19/h8-11,17H,4H2,1-3H3/t8-,9+,10-,11+/m1/s1. The van der Waals surface area contributed by atoms with Gasteiger partial charge in [0.25, 0.3) is 9.69 Å². The molecule has 1 saturated heterocycles. The molecule has 26 heavy (non-hydrogen) atoms. The Morgan fingerprint density at radius 1 is 0.962 bits per heavy atom. The van der Waals surface area contributed by atoms with Gasteiger partial charge in [-0.3, -0.25) is 19.8 Å². The molecule has 148 valence electrons. The van der Waals surface area contributed by atoms with Crippen LogP contribution in [0.1, 0.15) is 20.8 Å². The lowest BCUT2D eigenvalue weighted by molar-refractivity contribution is -0.270. The smallest absolute Gasteiger partial charge is 0.303 e. The summed E-state index contributed by atoms with van der Waals surface area (Å²) in [6.45, 7) is 3.46. The Morgan fingerprint density at radius 3 is 1.92 bits per heavy atom. The van der Waals surface area contributed by atoms with Crippen molar-refractivity contribution in [2.45, 2.75) is 48.3 Å². The summed E-state index contributed by atoms with van der Waals surface area (Å²) in [6.07, 6.45) is -3.25. The number of halogens is 3. The number of thioether (sulfide) groups is 1. The van der Waals surface area contributed by atoms with Crippen LogP contribution in [-0.2, 0) is 38.4 Å². The van der Waals surface area contributed by atoms with E-state index in [9.17, 15) is 14.4 Å². The molecule has 0 amide bonds. The molecule has 9 nitrogen and oxygen atoms in total. The zero-order chi connectivity index (χ0) is 20.1. The Hall–Kier alpha value is -0.940. The van der Waals surface area contributed by atoms with Crippen LogP contribution in [0.5, 0.6) is 0 Å². The van der Waals surface area contributed by atoms with E-state index in [0.29, 0.717) is 0 Å². The summed E-state index contributed by atoms with van der Waals surface area (Å²) in [5.41, 5.74) is -1.05. The van der Waals surface area contributed by atoms with Gasteiger partial charge in [0.2, 0.25) is 0 Å². The zero-order valence-electron chi connectivity index (χ0n) is 13.8. The minimum absolute atomic E-state index is 0.129. The van der Waals surface area contributed by atoms with Crippen molar-refractivity contribution in [1.82, 2.24) is 0 Å². The molecule has 1 aliphatic heterocycles. The van der Waals surface area contributed by atoms with Gasteiger partial charge in [-0.1, -0.05) is 34.8 Å². The first-order chi connectivity index (χ1) is 11.9. The van der Waals surface area contributed by atoms with E-state index < -0.39 is 51.3 Å². The third-order valence-corrected chi connectivity index (χ3v) is 4.50. The summed E-state index contributed by atoms with van der Waals surface area (Å²) in [7, 11) is 0. The van der Waals surface area contributed by atoms with E-state index in [0.717, 1.165) is 25.6 Å². The molecular weight excluding hydrogens is 437 g/mol. The lowest BCUT2D eigenvalue weighted by atomic mass is 10.1. The topological polar surface area (TPSA) is 121 Å². The van der Waals surface area contributed by atoms with Crippen molar-refractivity contribution in [3.05, 3.63) is 0 Å². The number of alkyl halides is 3. The van der Waals surface area contributed by atoms with Crippen LogP contribution < -0.4 is 0 Å². The molecule has 0 unspecified atom stereocenters. The van der Waals surface area contributed by atoms with Gasteiger partial charge >= 0.3 is 17.9 Å². The van der Waals surface area contributed by atoms with E-state index in [4.69, 9.17) is 59.3 Å². The first-order valence-corrected chi connectivity index (χ1v) is 9.22. The molecule has 0 aromatic heterocycles. The van der Waals surface area contributed by atoms with Crippen molar-refractivity contribution >= 4 is 70.4 Å². The third-order valence-electron chi connectivity index (χ3n) is 2.79. The molecule has 0 bridgehead atoms. The maximum Gasteiger partial charge on any atom is 0.303 e. The quantitative estimate of drug-likeness (QED) is 0.127. The number of ether oxygens (including phenoxy) is 3. The highest BCUT2D eigenvalue weighted by atomic mass is 35.6. The molecular formula is C13H16Cl3NO8S. The molecule has 1 heterocycles. The van der Waals surface area contributed by atoms with Crippen LogP contribution in [0.15, 0.2) is 0 Å². The summed E-state index contributed by atoms with van der Waals surface area (Å²) in [5, 5.41) is 7.45. The largest absolute Gasteiger partial charge is 0.458 e. The van der Waals surface area contributed by atoms with Crippen molar-refractivity contribution < 1.29 is 38.4 Å². The average Bonchev–Trinajstić information content (AvgIpc) is 2.46. The summed E-state index contributed by atoms with van der Waals surface area (Å²) in [6, 6.07) is 0. The normalized spacial score (nSPS) is 25.8. The van der Waals surface area contributed by atoms with Crippen molar-refractivity contribution in [3.63, 3.8) is 0 Å². The van der Waals surface area contributed by atoms with Gasteiger partial charge < -0.3 is 19.1 Å². The van der Waals surface area contributed by atoms with Crippen molar-refractivity contribution in [3.8, 4) is 0 Å². The number of hydrogen-bond acceptors (Lipinski definition) is 10. The van der Waals surface area contributed by atoms with E-state index in [1.807, 2.05) is 0 Å². The molecule has 0 spiro atoms. The van der Waals surface area contributed by atoms with Gasteiger partial charge in [-0.05, 0) is 0 Å². The highest BCUT2D eigenvalue weighted by molar-refractivity contribution is 7.99. The SMILES string of the molecule is CC(=O)O[C@@H]1[C@@H](OC(C)=O)[C@@H](OOC(=N)C(Cl)(Cl)Cl)SC[C@H]1OC(C)=O. The van der Waals surface area contributed by atoms with E-state index in [-0.39, 0.29) is 5.75 Å². The van der Waals surface area contributed by atoms with Crippen LogP contribution in [0.3, 0.4) is 0 Å². The van der Waals surface area contributed by atoms with Gasteiger partial charge in [0.15, 0.2) is 23.7 Å². The van der Waals surface area contributed by atoms with Gasteiger partial charge in [0.05, 0.1) is 0 Å². The maximum atomic E-state index is 11.4. The van der Waals surface area contributed by atoms with Crippen LogP contribution in [0.2, 0.25) is 0 Å². The Bertz CT molecular complexity index is 570. The molecule has 0 radical (unpaired) electrons. The predicted octanol–water partition coefficient (Wildman–Crippen LogP) is 2.15. The number of nitrogens with one attached hydrogen (secondary N) is 1. The summed E-state index contributed by atoms with van der Waals surface area (Å²) >= 11 is 17.5. The lowest BCUT2D eigenvalue weighted by Gasteiger charge is -2.39. The first-order valence-electron chi connectivity index (χ1n) is 7.04. The summed E-state index contributed by atoms with van der Waals surface area (Å²) < 4.78 is 13.2. The van der Waals surface area contributed by atoms with Crippen LogP contribution in [0.25, 0.3) is 0 Å². The second-order valence-corrected chi connectivity index (χ2v) is 8.42. The van der Waals surface area contributed by atoms with E-state index in [1.54, 1.807) is 0 Å².